The van der Waals surface area contributed by atoms with Gasteiger partial charge < -0.3 is 10.2 Å². The average molecular weight is 198 g/mol. The van der Waals surface area contributed by atoms with E-state index in [0.29, 0.717) is 18.6 Å². The Bertz CT molecular complexity index is 192. The number of nitrogens with one attached hydrogen (secondary N) is 1. The second-order valence-electron chi connectivity index (χ2n) is 4.33. The number of amides is 1. The monoisotopic (exact) mass is 198 g/mol. The van der Waals surface area contributed by atoms with E-state index in [2.05, 4.69) is 26.1 Å². The van der Waals surface area contributed by atoms with Gasteiger partial charge in [0.1, 0.15) is 0 Å². The summed E-state index contributed by atoms with van der Waals surface area (Å²) in [5.41, 5.74) is 0. The summed E-state index contributed by atoms with van der Waals surface area (Å²) in [6.07, 6.45) is 3.45. The molecule has 0 radical (unpaired) electrons. The highest BCUT2D eigenvalue weighted by Crippen LogP contribution is 2.19. The Hall–Kier alpha value is -0.570. The molecule has 0 aromatic rings. The van der Waals surface area contributed by atoms with E-state index in [1.807, 2.05) is 4.90 Å². The fourth-order valence-corrected chi connectivity index (χ4v) is 1.98. The normalized spacial score (nSPS) is 22.0. The Morgan fingerprint density at radius 2 is 2.29 bits per heavy atom. The van der Waals surface area contributed by atoms with Crippen LogP contribution in [0.15, 0.2) is 0 Å². The van der Waals surface area contributed by atoms with Crippen molar-refractivity contribution in [3.63, 3.8) is 0 Å². The quantitative estimate of drug-likeness (QED) is 0.740. The van der Waals surface area contributed by atoms with Crippen LogP contribution in [0.2, 0.25) is 0 Å². The summed E-state index contributed by atoms with van der Waals surface area (Å²) in [5, 5.41) is 3.18. The minimum atomic E-state index is 0.267. The lowest BCUT2D eigenvalue weighted by Crippen LogP contribution is -2.42. The molecule has 1 saturated heterocycles. The highest BCUT2D eigenvalue weighted by atomic mass is 16.2. The molecule has 0 bridgehead atoms. The molecule has 1 heterocycles. The predicted octanol–water partition coefficient (Wildman–Crippen LogP) is 1.39. The number of carbonyl (C=O) groups excluding carboxylic acids is 1. The van der Waals surface area contributed by atoms with Crippen molar-refractivity contribution in [2.75, 3.05) is 13.1 Å². The molecule has 1 fully saturated rings. The van der Waals surface area contributed by atoms with Crippen molar-refractivity contribution in [1.82, 2.24) is 10.2 Å². The minimum absolute atomic E-state index is 0.267. The average Bonchev–Trinajstić information content (AvgIpc) is 2.61. The molecule has 0 aliphatic carbocycles. The van der Waals surface area contributed by atoms with E-state index in [9.17, 15) is 4.79 Å². The number of carbonyl (C=O) groups is 1. The molecule has 1 rings (SSSR count). The lowest BCUT2D eigenvalue weighted by molar-refractivity contribution is -0.131. The SMILES string of the molecule is CCC1CCCN1C(=O)CNC(C)C. The summed E-state index contributed by atoms with van der Waals surface area (Å²) < 4.78 is 0. The Morgan fingerprint density at radius 1 is 1.57 bits per heavy atom. The zero-order chi connectivity index (χ0) is 10.6. The van der Waals surface area contributed by atoms with Gasteiger partial charge in [0.05, 0.1) is 6.54 Å². The van der Waals surface area contributed by atoms with Crippen molar-refractivity contribution in [2.24, 2.45) is 0 Å². The molecule has 1 atom stereocenters. The zero-order valence-corrected chi connectivity index (χ0v) is 9.55. The maximum Gasteiger partial charge on any atom is 0.236 e. The van der Waals surface area contributed by atoms with E-state index in [-0.39, 0.29) is 5.91 Å². The molecule has 0 aromatic carbocycles. The van der Waals surface area contributed by atoms with Crippen LogP contribution in [-0.2, 0) is 4.79 Å². The molecule has 1 aliphatic heterocycles. The third kappa shape index (κ3) is 2.98. The van der Waals surface area contributed by atoms with Crippen LogP contribution >= 0.6 is 0 Å². The van der Waals surface area contributed by atoms with Gasteiger partial charge in [-0.1, -0.05) is 20.8 Å². The number of rotatable bonds is 4. The van der Waals surface area contributed by atoms with Crippen LogP contribution in [0, 0.1) is 0 Å². The molecule has 3 nitrogen and oxygen atoms in total. The Balaban J connectivity index is 2.35. The zero-order valence-electron chi connectivity index (χ0n) is 9.55. The highest BCUT2D eigenvalue weighted by molar-refractivity contribution is 5.78. The van der Waals surface area contributed by atoms with Gasteiger partial charge in [0.15, 0.2) is 0 Å². The molecule has 1 amide bonds. The van der Waals surface area contributed by atoms with Crippen molar-refractivity contribution < 1.29 is 4.79 Å². The first-order valence-corrected chi connectivity index (χ1v) is 5.68. The molecule has 1 unspecified atom stereocenters. The highest BCUT2D eigenvalue weighted by Gasteiger charge is 2.26. The third-order valence-corrected chi connectivity index (χ3v) is 2.83. The second-order valence-corrected chi connectivity index (χ2v) is 4.33. The maximum atomic E-state index is 11.8. The van der Waals surface area contributed by atoms with E-state index in [1.54, 1.807) is 0 Å². The number of hydrogen-bond donors (Lipinski definition) is 1. The van der Waals surface area contributed by atoms with Gasteiger partial charge in [-0.3, -0.25) is 4.79 Å². The largest absolute Gasteiger partial charge is 0.339 e. The van der Waals surface area contributed by atoms with Crippen LogP contribution < -0.4 is 5.32 Å². The molecule has 0 aromatic heterocycles. The van der Waals surface area contributed by atoms with E-state index >= 15 is 0 Å². The molecule has 14 heavy (non-hydrogen) atoms. The summed E-state index contributed by atoms with van der Waals surface area (Å²) in [4.78, 5) is 13.8. The van der Waals surface area contributed by atoms with E-state index in [0.717, 1.165) is 13.0 Å². The smallest absolute Gasteiger partial charge is 0.236 e. The van der Waals surface area contributed by atoms with Gasteiger partial charge in [0.25, 0.3) is 0 Å². The van der Waals surface area contributed by atoms with Gasteiger partial charge in [-0.25, -0.2) is 0 Å². The van der Waals surface area contributed by atoms with Crippen molar-refractivity contribution in [1.29, 1.82) is 0 Å². The number of hydrogen-bond acceptors (Lipinski definition) is 2. The summed E-state index contributed by atoms with van der Waals surface area (Å²) in [6, 6.07) is 0.887. The van der Waals surface area contributed by atoms with Crippen molar-refractivity contribution in [3.05, 3.63) is 0 Å². The van der Waals surface area contributed by atoms with Crippen molar-refractivity contribution >= 4 is 5.91 Å². The van der Waals surface area contributed by atoms with E-state index < -0.39 is 0 Å². The van der Waals surface area contributed by atoms with E-state index in [1.165, 1.54) is 12.8 Å². The molecule has 82 valence electrons. The van der Waals surface area contributed by atoms with Crippen molar-refractivity contribution in [3.8, 4) is 0 Å². The molecular weight excluding hydrogens is 176 g/mol. The van der Waals surface area contributed by atoms with Gasteiger partial charge in [-0.15, -0.1) is 0 Å². The van der Waals surface area contributed by atoms with Crippen LogP contribution in [0.25, 0.3) is 0 Å². The summed E-state index contributed by atoms with van der Waals surface area (Å²) in [6.45, 7) is 7.74. The molecule has 1 aliphatic rings. The van der Waals surface area contributed by atoms with Gasteiger partial charge in [-0.2, -0.15) is 0 Å². The first-order chi connectivity index (χ1) is 6.65. The molecule has 1 N–H and O–H groups in total. The fourth-order valence-electron chi connectivity index (χ4n) is 1.98. The lowest BCUT2D eigenvalue weighted by Gasteiger charge is -2.24. The summed E-state index contributed by atoms with van der Waals surface area (Å²) in [5.74, 6) is 0.267. The summed E-state index contributed by atoms with van der Waals surface area (Å²) >= 11 is 0. The predicted molar refractivity (Wildman–Crippen MR) is 58.2 cm³/mol. The maximum absolute atomic E-state index is 11.8. The number of nitrogens with zero attached hydrogens (tertiary/aromatic N) is 1. The van der Waals surface area contributed by atoms with Gasteiger partial charge in [-0.05, 0) is 19.3 Å². The van der Waals surface area contributed by atoms with Gasteiger partial charge in [0.2, 0.25) is 5.91 Å². The summed E-state index contributed by atoms with van der Waals surface area (Å²) in [7, 11) is 0. The molecule has 0 saturated carbocycles. The van der Waals surface area contributed by atoms with Crippen LogP contribution in [0.1, 0.15) is 40.0 Å². The first kappa shape index (κ1) is 11.5. The van der Waals surface area contributed by atoms with E-state index in [4.69, 9.17) is 0 Å². The molecule has 3 heteroatoms. The lowest BCUT2D eigenvalue weighted by atomic mass is 10.2. The van der Waals surface area contributed by atoms with Gasteiger partial charge in [0, 0.05) is 18.6 Å². The second kappa shape index (κ2) is 5.35. The van der Waals surface area contributed by atoms with Crippen LogP contribution in [-0.4, -0.2) is 36.0 Å². The molecular formula is C11H22N2O. The van der Waals surface area contributed by atoms with Crippen molar-refractivity contribution in [2.45, 2.75) is 52.1 Å². The number of likely N-dealkylation sites (tertiary alicyclic amines) is 1. The minimum Gasteiger partial charge on any atom is -0.339 e. The van der Waals surface area contributed by atoms with Crippen LogP contribution in [0.4, 0.5) is 0 Å². The fraction of sp³-hybridized carbons (Fsp3) is 0.909. The Labute approximate surface area is 86.9 Å². The third-order valence-electron chi connectivity index (χ3n) is 2.83. The molecule has 0 spiro atoms. The first-order valence-electron chi connectivity index (χ1n) is 5.68. The Kier molecular flexibility index (Phi) is 4.39. The van der Waals surface area contributed by atoms with Crippen LogP contribution in [0.3, 0.4) is 0 Å². The standard InChI is InChI=1S/C11H22N2O/c1-4-10-6-5-7-13(10)11(14)8-12-9(2)3/h9-10,12H,4-8H2,1-3H3. The topological polar surface area (TPSA) is 32.3 Å². The Morgan fingerprint density at radius 3 is 2.86 bits per heavy atom. The van der Waals surface area contributed by atoms with Gasteiger partial charge >= 0.3 is 0 Å². The van der Waals surface area contributed by atoms with Crippen LogP contribution in [0.5, 0.6) is 0 Å².